The number of hydrogen-bond acceptors (Lipinski definition) is 15. The number of allylic oxidation sites excluding steroid dienone is 2. The number of aromatic nitrogens is 8. The molecule has 2 saturated heterocycles. The highest BCUT2D eigenvalue weighted by atomic mass is 16.5. The van der Waals surface area contributed by atoms with Gasteiger partial charge < -0.3 is 40.6 Å². The number of likely N-dealkylation sites (tertiary alicyclic amines) is 1. The summed E-state index contributed by atoms with van der Waals surface area (Å²) in [4.78, 5) is 87.6. The highest BCUT2D eigenvalue weighted by Crippen LogP contribution is 2.33. The molecule has 0 aliphatic carbocycles. The van der Waals surface area contributed by atoms with E-state index < -0.39 is 35.3 Å². The van der Waals surface area contributed by atoms with Gasteiger partial charge in [0.15, 0.2) is 11.5 Å². The SMILES string of the molecule is CCc1nc(C)oc1C(=O)Nc1nc2cc(C(N)=O)cc(OCCCN3CC4(C3)CN(C(=O)[C@H](N)CC(C)C)CCO4)c2n1C/C=C/Cn1c(NC(=O)c2cc(C)nn2CC)nc2cc(C(N)=O)cnc21. The van der Waals surface area contributed by atoms with Crippen LogP contribution in [0.15, 0.2) is 47.0 Å². The minimum atomic E-state index is -0.696. The van der Waals surface area contributed by atoms with Crippen molar-refractivity contribution in [3.8, 4) is 5.75 Å². The number of carbonyl (C=O) groups is 5. The molecule has 5 amide bonds. The molecule has 8 N–H and O–H groups in total. The van der Waals surface area contributed by atoms with Gasteiger partial charge in [0.05, 0.1) is 48.3 Å². The number of rotatable bonds is 20. The quantitative estimate of drug-likeness (QED) is 0.0542. The van der Waals surface area contributed by atoms with Crippen LogP contribution in [0.3, 0.4) is 0 Å². The van der Waals surface area contributed by atoms with Gasteiger partial charge >= 0.3 is 0 Å². The van der Waals surface area contributed by atoms with Crippen molar-refractivity contribution >= 4 is 63.6 Å². The average molecular weight is 976 g/mol. The number of anilines is 2. The van der Waals surface area contributed by atoms with Crippen LogP contribution in [0.4, 0.5) is 11.9 Å². The Labute approximate surface area is 409 Å². The van der Waals surface area contributed by atoms with Crippen LogP contribution in [0.1, 0.15) is 99.6 Å². The Morgan fingerprint density at radius 1 is 0.887 bits per heavy atom. The maximum atomic E-state index is 13.8. The zero-order chi connectivity index (χ0) is 50.7. The molecule has 0 saturated carbocycles. The van der Waals surface area contributed by atoms with Gasteiger partial charge in [0.25, 0.3) is 11.8 Å². The highest BCUT2D eigenvalue weighted by Gasteiger charge is 2.48. The summed E-state index contributed by atoms with van der Waals surface area (Å²) in [5.74, 6) is -1.16. The van der Waals surface area contributed by atoms with Crippen LogP contribution in [0.5, 0.6) is 5.75 Å². The van der Waals surface area contributed by atoms with Crippen molar-refractivity contribution in [3.63, 3.8) is 0 Å². The fraction of sp³-hybridized carbons (Fsp3) is 0.458. The Morgan fingerprint density at radius 2 is 1.58 bits per heavy atom. The number of fused-ring (bicyclic) bond motifs is 2. The van der Waals surface area contributed by atoms with E-state index in [0.29, 0.717) is 122 Å². The molecule has 1 spiro atoms. The van der Waals surface area contributed by atoms with E-state index in [1.54, 1.807) is 39.8 Å². The van der Waals surface area contributed by atoms with Crippen molar-refractivity contribution in [3.05, 3.63) is 82.5 Å². The third kappa shape index (κ3) is 10.8. The molecule has 23 nitrogen and oxygen atoms in total. The number of carbonyl (C=O) groups excluding carboxylic acids is 5. The second-order valence-corrected chi connectivity index (χ2v) is 18.4. The number of hydrogen-bond donors (Lipinski definition) is 5. The van der Waals surface area contributed by atoms with Gasteiger partial charge in [-0.15, -0.1) is 0 Å². The number of primary amides is 2. The number of oxazole rings is 1. The summed E-state index contributed by atoms with van der Waals surface area (Å²) >= 11 is 0. The lowest BCUT2D eigenvalue weighted by Gasteiger charge is -2.54. The number of amides is 5. The average Bonchev–Trinajstić information content (AvgIpc) is 4.09. The fourth-order valence-electron chi connectivity index (χ4n) is 9.17. The van der Waals surface area contributed by atoms with Crippen molar-refractivity contribution in [2.24, 2.45) is 23.1 Å². The number of pyridine rings is 1. The lowest BCUT2D eigenvalue weighted by Crippen LogP contribution is -2.71. The fourth-order valence-corrected chi connectivity index (χ4v) is 9.17. The Balaban J connectivity index is 1.04. The number of aryl methyl sites for hydroxylation is 4. The Kier molecular flexibility index (Phi) is 14.6. The monoisotopic (exact) mass is 975 g/mol. The molecule has 71 heavy (non-hydrogen) atoms. The maximum absolute atomic E-state index is 13.8. The summed E-state index contributed by atoms with van der Waals surface area (Å²) in [6, 6.07) is 5.74. The van der Waals surface area contributed by atoms with Gasteiger partial charge in [-0.1, -0.05) is 32.9 Å². The molecule has 23 heteroatoms. The zero-order valence-electron chi connectivity index (χ0n) is 40.9. The van der Waals surface area contributed by atoms with E-state index in [0.717, 1.165) is 0 Å². The number of imidazole rings is 2. The van der Waals surface area contributed by atoms with E-state index in [9.17, 15) is 24.0 Å². The number of nitrogens with zero attached hydrogens (tertiary/aromatic N) is 10. The number of morpholine rings is 1. The lowest BCUT2D eigenvalue weighted by atomic mass is 9.91. The molecule has 376 valence electrons. The van der Waals surface area contributed by atoms with Crippen LogP contribution in [-0.4, -0.2) is 136 Å². The second kappa shape index (κ2) is 20.8. The summed E-state index contributed by atoms with van der Waals surface area (Å²) in [5, 5.41) is 10.2. The summed E-state index contributed by atoms with van der Waals surface area (Å²) < 4.78 is 23.4. The molecule has 1 aromatic carbocycles. The molecule has 1 atom stereocenters. The van der Waals surface area contributed by atoms with Crippen LogP contribution in [-0.2, 0) is 35.6 Å². The van der Waals surface area contributed by atoms with Gasteiger partial charge in [0.1, 0.15) is 28.1 Å². The first-order valence-electron chi connectivity index (χ1n) is 23.8. The summed E-state index contributed by atoms with van der Waals surface area (Å²) in [6.07, 6.45) is 6.66. The smallest absolute Gasteiger partial charge is 0.295 e. The molecule has 8 rings (SSSR count). The molecule has 2 fully saturated rings. The number of ether oxygens (including phenoxy) is 2. The third-order valence-electron chi connectivity index (χ3n) is 12.4. The van der Waals surface area contributed by atoms with E-state index >= 15 is 0 Å². The Morgan fingerprint density at radius 3 is 2.28 bits per heavy atom. The van der Waals surface area contributed by atoms with Gasteiger partial charge in [0.2, 0.25) is 35.4 Å². The van der Waals surface area contributed by atoms with Crippen molar-refractivity contribution in [1.29, 1.82) is 0 Å². The highest BCUT2D eigenvalue weighted by molar-refractivity contribution is 6.05. The van der Waals surface area contributed by atoms with Gasteiger partial charge in [-0.05, 0) is 63.3 Å². The van der Waals surface area contributed by atoms with E-state index in [1.165, 1.54) is 18.3 Å². The van der Waals surface area contributed by atoms with Crippen LogP contribution >= 0.6 is 0 Å². The third-order valence-corrected chi connectivity index (χ3v) is 12.4. The van der Waals surface area contributed by atoms with Crippen LogP contribution < -0.4 is 32.6 Å². The van der Waals surface area contributed by atoms with Crippen molar-refractivity contribution in [1.82, 2.24) is 48.7 Å². The first-order chi connectivity index (χ1) is 34.0. The van der Waals surface area contributed by atoms with E-state index in [2.05, 4.69) is 49.4 Å². The van der Waals surface area contributed by atoms with E-state index in [-0.39, 0.29) is 54.4 Å². The summed E-state index contributed by atoms with van der Waals surface area (Å²) in [5.41, 5.74) is 20.5. The molecule has 0 unspecified atom stereocenters. The molecule has 2 aliphatic rings. The zero-order valence-corrected chi connectivity index (χ0v) is 40.9. The molecule has 5 aromatic heterocycles. The van der Waals surface area contributed by atoms with Gasteiger partial charge in [-0.3, -0.25) is 48.8 Å². The number of nitrogens with one attached hydrogen (secondary N) is 2. The lowest BCUT2D eigenvalue weighted by molar-refractivity contribution is -0.189. The van der Waals surface area contributed by atoms with Crippen LogP contribution in [0, 0.1) is 19.8 Å². The van der Waals surface area contributed by atoms with Crippen molar-refractivity contribution in [2.45, 2.75) is 92.1 Å². The summed E-state index contributed by atoms with van der Waals surface area (Å²) in [7, 11) is 0. The maximum Gasteiger partial charge on any atom is 0.295 e. The minimum Gasteiger partial charge on any atom is -0.491 e. The van der Waals surface area contributed by atoms with Crippen LogP contribution in [0.25, 0.3) is 22.2 Å². The molecular weight excluding hydrogens is 915 g/mol. The Hall–Kier alpha value is -7.50. The minimum absolute atomic E-state index is 0.0402. The standard InChI is InChI=1S/C48H61N15O8/c1-7-33-39(71-29(6)53-33)44(67)57-46-54-34-20-30(40(50)64)22-37(69-16-11-12-59-24-48(25-59)26-60(15-17-70-48)45(68)32(49)18-27(3)4)38(34)61(46)13-9-10-14-62-42-35(21-31(23-52-42)41(51)65)55-47(62)56-43(66)36-19-28(5)58-63(36)8-2/h9-10,19-23,27,32H,7-8,11-18,24-26,49H2,1-6H3,(H2,50,64)(H2,51,65)(H,54,57,67)(H,55,56,66)/b10-9+/t32-/m1/s1. The normalized spacial score (nSPS) is 15.2. The van der Waals surface area contributed by atoms with E-state index in [4.69, 9.17) is 36.1 Å². The Bertz CT molecular complexity index is 3030. The van der Waals surface area contributed by atoms with Crippen molar-refractivity contribution < 1.29 is 37.9 Å². The molecular formula is C48H61N15O8. The largest absolute Gasteiger partial charge is 0.491 e. The van der Waals surface area contributed by atoms with Gasteiger partial charge in [-0.25, -0.2) is 19.9 Å². The molecule has 6 aromatic rings. The molecule has 0 radical (unpaired) electrons. The predicted octanol–water partition coefficient (Wildman–Crippen LogP) is 3.18. The first-order valence-corrected chi connectivity index (χ1v) is 23.8. The van der Waals surface area contributed by atoms with Crippen LogP contribution in [0.2, 0.25) is 0 Å². The number of nitrogens with two attached hydrogens (primary N) is 3. The molecule has 2 aliphatic heterocycles. The number of benzene rings is 1. The van der Waals surface area contributed by atoms with Gasteiger partial charge in [0, 0.05) is 64.5 Å². The topological polar surface area (TPSA) is 305 Å². The van der Waals surface area contributed by atoms with Crippen molar-refractivity contribution in [2.75, 3.05) is 56.6 Å². The second-order valence-electron chi connectivity index (χ2n) is 18.4. The summed E-state index contributed by atoms with van der Waals surface area (Å²) in [6.45, 7) is 15.7. The first kappa shape index (κ1) is 49.9. The van der Waals surface area contributed by atoms with Gasteiger partial charge in [-0.2, -0.15) is 5.10 Å². The molecule has 7 heterocycles. The van der Waals surface area contributed by atoms with E-state index in [1.807, 2.05) is 30.9 Å². The predicted molar refractivity (Wildman–Crippen MR) is 262 cm³/mol. The molecule has 0 bridgehead atoms.